The number of nitrogen functional groups attached to an aromatic ring is 1. The number of hydrogen-bond donors (Lipinski definition) is 1. The minimum atomic E-state index is -3.22. The molecule has 27 nitrogen and oxygen atoms in total. The van der Waals surface area contributed by atoms with E-state index in [1.54, 1.807) is 58.0 Å². The number of nitrogens with two attached hydrogens (primary N) is 1. The van der Waals surface area contributed by atoms with Crippen LogP contribution in [-0.4, -0.2) is 262 Å². The van der Waals surface area contributed by atoms with Crippen molar-refractivity contribution in [3.8, 4) is 0 Å². The largest absolute Gasteiger partial charge is 0.465 e. The van der Waals surface area contributed by atoms with E-state index in [0.717, 1.165) is 35.2 Å². The molecule has 0 saturated carbocycles. The minimum Gasteiger partial charge on any atom is -0.465 e. The molecular weight excluding hydrogens is 1790 g/mol. The van der Waals surface area contributed by atoms with E-state index in [-0.39, 0.29) is 95.1 Å². The summed E-state index contributed by atoms with van der Waals surface area (Å²) in [5.74, 6) is -7.97. The van der Waals surface area contributed by atoms with Crippen molar-refractivity contribution in [2.75, 3.05) is 46.3 Å². The Bertz CT molecular complexity index is 4790. The molecule has 3 aromatic carbocycles. The van der Waals surface area contributed by atoms with E-state index >= 15 is 0 Å². The Morgan fingerprint density at radius 3 is 1.12 bits per heavy atom. The molecular formula is C56H61B20Cl4F3I2N9O18P. The van der Waals surface area contributed by atoms with Gasteiger partial charge in [-0.1, -0.05) is 35.9 Å². The zero-order valence-electron chi connectivity index (χ0n) is 63.0. The standard InChI is InChI=1S/C16H16FIN2O4.C16H17FN2O4.C9H11ClN2O4.C9H12N2O5.C6H5FIN.B20.Cl3OP/c1-4-24-15(22)13-12(19(2)16(23)20(3)14(13)21)7-9-5-6-10(18)8-11(9)17;1-4-23-15(21)13-12(9-10-7-5-6-8-11(10)17)18(2)16(22)19(3)14(13)20;1-4-16-8(14)5-6(10)11(2)9(15)12(3)7(5)13;1-4-16-8(14)5-6(12)10(2)9(15)11(3)7(5)13;7-5-3-4(8)1-2-6(5)9;1-12(2)17(11)20(18(13(3)4)14(5)6)19(15(7)8)16(9)10;1-5(2,3)4/h5-6,8H,4,7H2,1-3H3;5-8H,4,9H2,1-3H3;4H2,1-3H3;5H,4H2,1-3H3;1-3H,9H2;;. The number of anilines is 1. The monoisotopic (exact) mass is 1850 g/mol. The van der Waals surface area contributed by atoms with Gasteiger partial charge in [-0.05, 0) is 154 Å². The van der Waals surface area contributed by atoms with Gasteiger partial charge in [0.25, 0.3) is 28.5 Å². The number of esters is 4. The second-order valence-electron chi connectivity index (χ2n) is 23.8. The lowest BCUT2D eigenvalue weighted by Crippen LogP contribution is -2.80. The van der Waals surface area contributed by atoms with Crippen LogP contribution in [0.4, 0.5) is 23.7 Å². The Hall–Kier alpha value is -6.07. The quantitative estimate of drug-likeness (QED) is 0.0139. The fourth-order valence-electron chi connectivity index (χ4n) is 10.3. The Kier molecular flexibility index (Phi) is 45.1. The predicted octanol–water partition coefficient (Wildman–Crippen LogP) is -1.08. The molecule has 0 bridgehead atoms. The van der Waals surface area contributed by atoms with Crippen molar-refractivity contribution in [2.45, 2.75) is 40.5 Å². The summed E-state index contributed by atoms with van der Waals surface area (Å²) in [4.78, 5) is 155. The van der Waals surface area contributed by atoms with Gasteiger partial charge in [-0.3, -0.25) is 70.5 Å². The molecule has 0 unspecified atom stereocenters. The molecule has 113 heavy (non-hydrogen) atoms. The van der Waals surface area contributed by atoms with E-state index in [0.29, 0.717) is 0 Å². The second-order valence-corrected chi connectivity index (χ2v) is 33.3. The van der Waals surface area contributed by atoms with Gasteiger partial charge in [-0.15, -0.1) is 0 Å². The van der Waals surface area contributed by atoms with Gasteiger partial charge in [-0.2, -0.15) is 0 Å². The van der Waals surface area contributed by atoms with Crippen molar-refractivity contribution in [3.05, 3.63) is 192 Å². The number of ether oxygens (including phenoxy) is 4. The lowest BCUT2D eigenvalue weighted by Gasteiger charge is -2.42. The topological polar surface area (TPSA) is 338 Å². The maximum Gasteiger partial charge on any atom is 0.346 e. The van der Waals surface area contributed by atoms with Crippen LogP contribution in [0.15, 0.2) is 89.4 Å². The molecule has 4 heterocycles. The van der Waals surface area contributed by atoms with E-state index in [2.05, 4.69) is 43.2 Å². The van der Waals surface area contributed by atoms with Crippen LogP contribution in [-0.2, 0) is 93.0 Å². The smallest absolute Gasteiger partial charge is 0.346 e. The van der Waals surface area contributed by atoms with Crippen LogP contribution < -0.4 is 39.5 Å². The number of barbiturate groups is 1. The Morgan fingerprint density at radius 1 is 0.469 bits per heavy atom. The predicted molar refractivity (Wildman–Crippen MR) is 470 cm³/mol. The highest BCUT2D eigenvalue weighted by Crippen LogP contribution is 2.61. The van der Waals surface area contributed by atoms with Crippen LogP contribution >= 0.6 is 95.7 Å². The molecule has 7 rings (SSSR count). The molecule has 22 radical (unpaired) electrons. The number of halogens is 9. The summed E-state index contributed by atoms with van der Waals surface area (Å²) >= 11 is 23.6. The van der Waals surface area contributed by atoms with Crippen molar-refractivity contribution in [2.24, 2.45) is 48.2 Å². The lowest BCUT2D eigenvalue weighted by molar-refractivity contribution is -0.162. The summed E-state index contributed by atoms with van der Waals surface area (Å²) < 4.78 is 76.5. The number of nitrogens with zero attached hydrogens (tertiary/aromatic N) is 8. The molecule has 1 aliphatic heterocycles. The van der Waals surface area contributed by atoms with Gasteiger partial charge >= 0.3 is 52.2 Å². The van der Waals surface area contributed by atoms with Crippen LogP contribution in [0.2, 0.25) is 5.15 Å². The van der Waals surface area contributed by atoms with Gasteiger partial charge in [0.05, 0.1) is 32.1 Å². The van der Waals surface area contributed by atoms with E-state index in [9.17, 15) is 80.1 Å². The number of rotatable bonds is 20. The van der Waals surface area contributed by atoms with Crippen LogP contribution in [0.5, 0.6) is 0 Å². The molecule has 57 heteroatoms. The van der Waals surface area contributed by atoms with Crippen LogP contribution in [0, 0.1) is 30.5 Å². The van der Waals surface area contributed by atoms with Crippen molar-refractivity contribution in [1.29, 1.82) is 0 Å². The molecule has 2 N–H and O–H groups in total. The molecule has 566 valence electrons. The van der Waals surface area contributed by atoms with Crippen molar-refractivity contribution in [3.63, 3.8) is 0 Å². The SMILES string of the molecule is CCOC(=O)C1C(=O)N(C)C(=O)N(C)C1=O.CCOC(=O)c1c(Cc2ccc(I)cc2F)n(C)c(=O)n(C)c1=O.CCOC(=O)c1c(Cc2ccccc2F)n(C)c(=O)n(C)c1=O.CCOC(=O)c1c(Cl)n(C)c(=O)n(C)c1=O.Nc1ccc(I)cc1F.O=P(Cl)(Cl)Cl.[B]B([B])B([B])B(B(B([B])[B])B([B])[B])B(B([B])[B])B([B])[B]. The number of urea groups is 1. The normalized spacial score (nSPS) is 11.4. The van der Waals surface area contributed by atoms with Crippen molar-refractivity contribution in [1.82, 2.24) is 37.2 Å². The van der Waals surface area contributed by atoms with E-state index in [1.165, 1.54) is 95.8 Å². The molecule has 3 aromatic heterocycles. The molecule has 4 amide bonds. The van der Waals surface area contributed by atoms with Crippen LogP contribution in [0.3, 0.4) is 0 Å². The molecule has 1 fully saturated rings. The third-order valence-electron chi connectivity index (χ3n) is 16.1. The van der Waals surface area contributed by atoms with E-state index in [1.807, 2.05) is 45.2 Å². The molecule has 0 atom stereocenters. The Labute approximate surface area is 714 Å². The van der Waals surface area contributed by atoms with Crippen molar-refractivity contribution >= 4 is 286 Å². The minimum absolute atomic E-state index is 0.0667. The molecule has 1 aliphatic rings. The van der Waals surface area contributed by atoms with Gasteiger partial charge in [-0.25, -0.2) is 46.7 Å². The molecule has 0 aliphatic carbocycles. The zero-order chi connectivity index (χ0) is 87.6. The summed E-state index contributed by atoms with van der Waals surface area (Å²) in [6.07, 6.45) is -7.29. The summed E-state index contributed by atoms with van der Waals surface area (Å²) in [7, 11) is 73.6. The summed E-state index contributed by atoms with van der Waals surface area (Å²) in [5.41, 5.74) is 1.37. The summed E-state index contributed by atoms with van der Waals surface area (Å²) in [6.45, 7) is 6.76. The summed E-state index contributed by atoms with van der Waals surface area (Å²) in [6, 6.07) is 14.6. The number of carbonyl (C=O) groups excluding carboxylic acids is 7. The van der Waals surface area contributed by atoms with Crippen LogP contribution in [0.25, 0.3) is 0 Å². The number of imide groups is 2. The Balaban J connectivity index is 0.000000681. The first-order chi connectivity index (χ1) is 52.2. The van der Waals surface area contributed by atoms with Gasteiger partial charge < -0.3 is 24.7 Å². The maximum absolute atomic E-state index is 14.1. The number of amides is 4. The van der Waals surface area contributed by atoms with Gasteiger partial charge in [0.15, 0.2) is 5.56 Å². The van der Waals surface area contributed by atoms with E-state index in [4.69, 9.17) is 112 Å². The number of aromatic nitrogens is 6. The average molecular weight is 1850 g/mol. The summed E-state index contributed by atoms with van der Waals surface area (Å²) in [5, 5.41) is -3.44. The Morgan fingerprint density at radius 2 is 0.796 bits per heavy atom. The molecule has 0 spiro atoms. The number of carbonyl (C=O) groups is 7. The average Bonchev–Trinajstić information content (AvgIpc) is 0.759. The maximum atomic E-state index is 14.1. The number of benzene rings is 3. The van der Waals surface area contributed by atoms with Gasteiger partial charge in [0.2, 0.25) is 5.92 Å². The second kappa shape index (κ2) is 48.6. The zero-order valence-corrected chi connectivity index (χ0v) is 71.2. The molecule has 6 aromatic rings. The third-order valence-corrected chi connectivity index (χ3v) is 17.8. The highest BCUT2D eigenvalue weighted by atomic mass is 127. The van der Waals surface area contributed by atoms with E-state index < -0.39 is 156 Å². The van der Waals surface area contributed by atoms with Crippen molar-refractivity contribution < 1.29 is 70.2 Å². The fraction of sp³-hybridized carbons (Fsp3) is 0.339. The highest BCUT2D eigenvalue weighted by molar-refractivity contribution is 14.1. The van der Waals surface area contributed by atoms with Crippen LogP contribution in [0.1, 0.15) is 81.3 Å². The third kappa shape index (κ3) is 30.1. The van der Waals surface area contributed by atoms with Gasteiger partial charge in [0, 0.05) is 230 Å². The fourth-order valence-corrected chi connectivity index (χ4v) is 11.4. The number of hydrogen-bond acceptors (Lipinski definition) is 19. The lowest BCUT2D eigenvalue weighted by atomic mass is 8.39. The van der Waals surface area contributed by atoms with Gasteiger partial charge in [0.1, 0.15) is 33.7 Å². The first-order valence-electron chi connectivity index (χ1n) is 32.9. The highest BCUT2D eigenvalue weighted by Gasteiger charge is 2.48. The first kappa shape index (κ1) is 105. The molecule has 1 saturated heterocycles. The first-order valence-corrected chi connectivity index (χ1v) is 39.8.